The van der Waals surface area contributed by atoms with Crippen molar-refractivity contribution < 1.29 is 39.5 Å². The second kappa shape index (κ2) is 7.93. The number of carbonyl (C=O) groups is 3. The zero-order valence-electron chi connectivity index (χ0n) is 15.9. The van der Waals surface area contributed by atoms with Crippen LogP contribution in [0.5, 0.6) is 0 Å². The lowest BCUT2D eigenvalue weighted by molar-refractivity contribution is -0.221. The van der Waals surface area contributed by atoms with E-state index in [-0.39, 0.29) is 31.2 Å². The normalized spacial score (nSPS) is 34.0. The summed E-state index contributed by atoms with van der Waals surface area (Å²) in [6.07, 6.45) is -6.33. The predicted octanol–water partition coefficient (Wildman–Crippen LogP) is -2.34. The summed E-state index contributed by atoms with van der Waals surface area (Å²) in [6.45, 7) is -0.446. The molecular formula is C19H23N3O8. The molecule has 0 bridgehead atoms. The molecule has 6 atom stereocenters. The number of benzene rings is 1. The van der Waals surface area contributed by atoms with Crippen molar-refractivity contribution in [3.63, 3.8) is 0 Å². The first kappa shape index (κ1) is 20.7. The Morgan fingerprint density at radius 3 is 2.60 bits per heavy atom. The van der Waals surface area contributed by atoms with Crippen LogP contribution in [0.3, 0.4) is 0 Å². The Bertz CT molecular complexity index is 875. The van der Waals surface area contributed by atoms with Crippen LogP contribution in [0, 0.1) is 0 Å². The fourth-order valence-electron chi connectivity index (χ4n) is 4.09. The highest BCUT2D eigenvalue weighted by Gasteiger charge is 2.44. The Morgan fingerprint density at radius 2 is 1.90 bits per heavy atom. The van der Waals surface area contributed by atoms with Gasteiger partial charge < -0.3 is 35.4 Å². The van der Waals surface area contributed by atoms with Gasteiger partial charge in [0.2, 0.25) is 11.8 Å². The largest absolute Gasteiger partial charge is 0.394 e. The molecule has 3 aliphatic rings. The van der Waals surface area contributed by atoms with Crippen LogP contribution in [0.4, 0.5) is 5.69 Å². The van der Waals surface area contributed by atoms with Crippen molar-refractivity contribution >= 4 is 23.4 Å². The van der Waals surface area contributed by atoms with Gasteiger partial charge in [-0.25, -0.2) is 0 Å². The number of piperidine rings is 1. The van der Waals surface area contributed by atoms with E-state index >= 15 is 0 Å². The molecule has 0 spiro atoms. The molecule has 0 radical (unpaired) electrons. The maximum Gasteiger partial charge on any atom is 0.255 e. The molecule has 1 aromatic rings. The number of anilines is 1. The highest BCUT2D eigenvalue weighted by atomic mass is 16.6. The van der Waals surface area contributed by atoms with Gasteiger partial charge in [-0.3, -0.25) is 19.7 Å². The predicted molar refractivity (Wildman–Crippen MR) is 99.9 cm³/mol. The van der Waals surface area contributed by atoms with E-state index in [4.69, 9.17) is 4.74 Å². The van der Waals surface area contributed by atoms with Crippen LogP contribution in [0.1, 0.15) is 28.8 Å². The summed E-state index contributed by atoms with van der Waals surface area (Å²) in [7, 11) is 0. The van der Waals surface area contributed by atoms with E-state index < -0.39 is 49.2 Å². The molecule has 30 heavy (non-hydrogen) atoms. The Balaban J connectivity index is 1.56. The van der Waals surface area contributed by atoms with Crippen LogP contribution < -0.4 is 10.6 Å². The monoisotopic (exact) mass is 421 g/mol. The van der Waals surface area contributed by atoms with E-state index in [0.29, 0.717) is 16.8 Å². The highest BCUT2D eigenvalue weighted by Crippen LogP contribution is 2.33. The fraction of sp³-hybridized carbons (Fsp3) is 0.526. The molecule has 162 valence electrons. The lowest BCUT2D eigenvalue weighted by Gasteiger charge is -2.40. The van der Waals surface area contributed by atoms with Crippen molar-refractivity contribution in [1.82, 2.24) is 10.2 Å². The second-order valence-electron chi connectivity index (χ2n) is 7.63. The summed E-state index contributed by atoms with van der Waals surface area (Å²) in [5, 5.41) is 44.7. The van der Waals surface area contributed by atoms with E-state index in [1.807, 2.05) is 0 Å². The number of aliphatic hydroxyl groups is 4. The van der Waals surface area contributed by atoms with Crippen molar-refractivity contribution in [3.05, 3.63) is 29.3 Å². The van der Waals surface area contributed by atoms with Gasteiger partial charge in [0.15, 0.2) is 6.23 Å². The highest BCUT2D eigenvalue weighted by molar-refractivity contribution is 6.06. The minimum atomic E-state index is -1.54. The molecule has 3 heterocycles. The van der Waals surface area contributed by atoms with Gasteiger partial charge in [-0.1, -0.05) is 6.07 Å². The van der Waals surface area contributed by atoms with Crippen LogP contribution in [-0.2, 0) is 20.9 Å². The molecule has 3 unspecified atom stereocenters. The number of imide groups is 1. The number of nitrogens with one attached hydrogen (secondary N) is 2. The Kier molecular flexibility index (Phi) is 5.47. The minimum Gasteiger partial charge on any atom is -0.394 e. The van der Waals surface area contributed by atoms with Gasteiger partial charge in [0.25, 0.3) is 5.91 Å². The van der Waals surface area contributed by atoms with E-state index in [2.05, 4.69) is 10.6 Å². The van der Waals surface area contributed by atoms with Gasteiger partial charge in [-0.15, -0.1) is 0 Å². The topological polar surface area (TPSA) is 169 Å². The van der Waals surface area contributed by atoms with E-state index in [1.54, 1.807) is 18.2 Å². The van der Waals surface area contributed by atoms with Gasteiger partial charge in [0.05, 0.1) is 6.61 Å². The smallest absolute Gasteiger partial charge is 0.255 e. The summed E-state index contributed by atoms with van der Waals surface area (Å²) in [6, 6.07) is 4.13. The van der Waals surface area contributed by atoms with Crippen molar-refractivity contribution in [2.45, 2.75) is 56.1 Å². The number of amides is 3. The van der Waals surface area contributed by atoms with Crippen LogP contribution in [-0.4, -0.2) is 86.3 Å². The molecule has 0 aliphatic carbocycles. The number of rotatable bonds is 4. The number of ether oxygens (including phenoxy) is 1. The molecular weight excluding hydrogens is 398 g/mol. The molecule has 2 fully saturated rings. The molecule has 6 N–H and O–H groups in total. The third-order valence-corrected chi connectivity index (χ3v) is 5.77. The maximum absolute atomic E-state index is 12.9. The number of nitrogens with zero attached hydrogens (tertiary/aromatic N) is 1. The molecule has 0 saturated carbocycles. The summed E-state index contributed by atoms with van der Waals surface area (Å²) in [5.74, 6) is -1.24. The Labute approximate surface area is 171 Å². The van der Waals surface area contributed by atoms with E-state index in [9.17, 15) is 34.8 Å². The standard InChI is InChI=1S/C19H23N3O8/c23-7-12-14(25)15(26)16(27)18(30-12)20-10-3-1-2-8-9(10)6-22(19(8)29)11-4-5-13(24)21-17(11)28/h1-3,11-12,14-16,18,20,23,25-27H,4-7H2,(H,21,24,28)/t11?,12?,14-,15-,16?,18-/m1/s1. The third kappa shape index (κ3) is 3.44. The van der Waals surface area contributed by atoms with Gasteiger partial charge in [0, 0.05) is 29.8 Å². The summed E-state index contributed by atoms with van der Waals surface area (Å²) < 4.78 is 5.47. The minimum absolute atomic E-state index is 0.112. The number of hydrogen-bond donors (Lipinski definition) is 6. The maximum atomic E-state index is 12.9. The first-order valence-electron chi connectivity index (χ1n) is 9.65. The van der Waals surface area contributed by atoms with Crippen LogP contribution in [0.25, 0.3) is 0 Å². The average molecular weight is 421 g/mol. The summed E-state index contributed by atoms with van der Waals surface area (Å²) in [5.41, 5.74) is 1.39. The number of hydrogen-bond acceptors (Lipinski definition) is 9. The molecule has 1 aromatic carbocycles. The van der Waals surface area contributed by atoms with E-state index in [1.165, 1.54) is 4.90 Å². The summed E-state index contributed by atoms with van der Waals surface area (Å²) in [4.78, 5) is 37.9. The van der Waals surface area contributed by atoms with Crippen molar-refractivity contribution in [2.24, 2.45) is 0 Å². The number of fused-ring (bicyclic) bond motifs is 1. The first-order valence-corrected chi connectivity index (χ1v) is 9.65. The lowest BCUT2D eigenvalue weighted by Crippen LogP contribution is -2.60. The molecule has 11 heteroatoms. The second-order valence-corrected chi connectivity index (χ2v) is 7.63. The molecule has 11 nitrogen and oxygen atoms in total. The average Bonchev–Trinajstić information content (AvgIpc) is 3.06. The fourth-order valence-corrected chi connectivity index (χ4v) is 4.09. The number of aliphatic hydroxyl groups excluding tert-OH is 4. The Hall–Kier alpha value is -2.57. The zero-order valence-corrected chi connectivity index (χ0v) is 15.9. The number of carbonyl (C=O) groups excluding carboxylic acids is 3. The SMILES string of the molecule is O=C1CCC(N2Cc3c(N[C@@H]4OC(CO)[C@@H](O)[C@@H](O)C4O)cccc3C2=O)C(=O)N1. The quantitative estimate of drug-likeness (QED) is 0.292. The summed E-state index contributed by atoms with van der Waals surface area (Å²) >= 11 is 0. The lowest BCUT2D eigenvalue weighted by atomic mass is 9.98. The van der Waals surface area contributed by atoms with Gasteiger partial charge in [-0.2, -0.15) is 0 Å². The molecule has 3 amide bonds. The van der Waals surface area contributed by atoms with Crippen LogP contribution in [0.15, 0.2) is 18.2 Å². The van der Waals surface area contributed by atoms with Crippen molar-refractivity contribution in [2.75, 3.05) is 11.9 Å². The van der Waals surface area contributed by atoms with Crippen LogP contribution >= 0.6 is 0 Å². The van der Waals surface area contributed by atoms with Crippen molar-refractivity contribution in [3.8, 4) is 0 Å². The van der Waals surface area contributed by atoms with Gasteiger partial charge >= 0.3 is 0 Å². The molecule has 2 saturated heterocycles. The molecule has 4 rings (SSSR count). The first-order chi connectivity index (χ1) is 14.3. The van der Waals surface area contributed by atoms with E-state index in [0.717, 1.165) is 0 Å². The van der Waals surface area contributed by atoms with Crippen LogP contribution in [0.2, 0.25) is 0 Å². The molecule has 0 aromatic heterocycles. The third-order valence-electron chi connectivity index (χ3n) is 5.77. The zero-order chi connectivity index (χ0) is 21.6. The Morgan fingerprint density at radius 1 is 1.13 bits per heavy atom. The van der Waals surface area contributed by atoms with Crippen molar-refractivity contribution in [1.29, 1.82) is 0 Å². The van der Waals surface area contributed by atoms with Gasteiger partial charge in [-0.05, 0) is 18.6 Å². The molecule has 3 aliphatic heterocycles. The van der Waals surface area contributed by atoms with Gasteiger partial charge in [0.1, 0.15) is 30.5 Å².